The predicted molar refractivity (Wildman–Crippen MR) is 99.1 cm³/mol. The number of piperidine rings is 1. The van der Waals surface area contributed by atoms with Crippen LogP contribution >= 0.6 is 0 Å². The first kappa shape index (κ1) is 16.6. The second-order valence-electron chi connectivity index (χ2n) is 6.74. The summed E-state index contributed by atoms with van der Waals surface area (Å²) < 4.78 is 0. The summed E-state index contributed by atoms with van der Waals surface area (Å²) in [5.74, 6) is 0.313. The lowest BCUT2D eigenvalue weighted by Gasteiger charge is -2.33. The third-order valence-corrected chi connectivity index (χ3v) is 4.92. The Morgan fingerprint density at radius 1 is 1.04 bits per heavy atom. The number of amides is 1. The lowest BCUT2D eigenvalue weighted by molar-refractivity contribution is -0.126. The maximum Gasteiger partial charge on any atom is 0.223 e. The lowest BCUT2D eigenvalue weighted by Crippen LogP contribution is -2.41. The number of aryl methyl sites for hydroxylation is 1. The van der Waals surface area contributed by atoms with E-state index < -0.39 is 0 Å². The quantitative estimate of drug-likeness (QED) is 0.919. The van der Waals surface area contributed by atoms with Gasteiger partial charge in [-0.05, 0) is 44.4 Å². The molecule has 0 aromatic heterocycles. The summed E-state index contributed by atoms with van der Waals surface area (Å²) in [7, 11) is 0. The van der Waals surface area contributed by atoms with Gasteiger partial charge in [0.2, 0.25) is 5.91 Å². The molecule has 1 heterocycles. The summed E-state index contributed by atoms with van der Waals surface area (Å²) in [5.41, 5.74) is 3.70. The SMILES string of the molecule is Cc1ccc(N2CCC(C(=O)NC(C)c3ccccc3)CC2)cc1. The Morgan fingerprint density at radius 2 is 1.67 bits per heavy atom. The smallest absolute Gasteiger partial charge is 0.223 e. The van der Waals surface area contributed by atoms with Gasteiger partial charge in [-0.15, -0.1) is 0 Å². The summed E-state index contributed by atoms with van der Waals surface area (Å²) >= 11 is 0. The van der Waals surface area contributed by atoms with Crippen LogP contribution in [-0.2, 0) is 4.79 Å². The molecule has 1 amide bonds. The second kappa shape index (κ2) is 7.52. The minimum Gasteiger partial charge on any atom is -0.371 e. The molecule has 0 radical (unpaired) electrons. The van der Waals surface area contributed by atoms with E-state index in [1.807, 2.05) is 18.2 Å². The van der Waals surface area contributed by atoms with Gasteiger partial charge in [-0.25, -0.2) is 0 Å². The molecule has 1 aliphatic rings. The maximum atomic E-state index is 12.5. The number of nitrogens with one attached hydrogen (secondary N) is 1. The first-order valence-corrected chi connectivity index (χ1v) is 8.80. The maximum absolute atomic E-state index is 12.5. The number of carbonyl (C=O) groups excluding carboxylic acids is 1. The fourth-order valence-corrected chi connectivity index (χ4v) is 3.31. The fourth-order valence-electron chi connectivity index (χ4n) is 3.31. The van der Waals surface area contributed by atoms with Gasteiger partial charge in [0, 0.05) is 24.7 Å². The summed E-state index contributed by atoms with van der Waals surface area (Å²) in [6.45, 7) is 6.05. The van der Waals surface area contributed by atoms with E-state index in [0.29, 0.717) is 0 Å². The van der Waals surface area contributed by atoms with Crippen molar-refractivity contribution in [2.24, 2.45) is 5.92 Å². The van der Waals surface area contributed by atoms with Gasteiger partial charge in [-0.3, -0.25) is 4.79 Å². The zero-order valence-corrected chi connectivity index (χ0v) is 14.5. The van der Waals surface area contributed by atoms with E-state index in [2.05, 4.69) is 60.5 Å². The van der Waals surface area contributed by atoms with Gasteiger partial charge in [-0.2, -0.15) is 0 Å². The van der Waals surface area contributed by atoms with E-state index in [-0.39, 0.29) is 17.9 Å². The summed E-state index contributed by atoms with van der Waals surface area (Å²) in [6.07, 6.45) is 1.84. The normalized spacial score (nSPS) is 16.7. The molecule has 1 unspecified atom stereocenters. The van der Waals surface area contributed by atoms with Crippen LogP contribution in [0, 0.1) is 12.8 Å². The van der Waals surface area contributed by atoms with Crippen molar-refractivity contribution >= 4 is 11.6 Å². The van der Waals surface area contributed by atoms with Gasteiger partial charge in [0.05, 0.1) is 6.04 Å². The van der Waals surface area contributed by atoms with Crippen molar-refractivity contribution in [1.82, 2.24) is 5.32 Å². The van der Waals surface area contributed by atoms with E-state index in [4.69, 9.17) is 0 Å². The van der Waals surface area contributed by atoms with Crippen molar-refractivity contribution in [3.05, 3.63) is 65.7 Å². The third-order valence-electron chi connectivity index (χ3n) is 4.92. The number of rotatable bonds is 4. The van der Waals surface area contributed by atoms with Crippen LogP contribution in [0.1, 0.15) is 36.9 Å². The molecule has 3 rings (SSSR count). The minimum absolute atomic E-state index is 0.0637. The standard InChI is InChI=1S/C21H26N2O/c1-16-8-10-20(11-9-16)23-14-12-19(13-15-23)21(24)22-17(2)18-6-4-3-5-7-18/h3-11,17,19H,12-15H2,1-2H3,(H,22,24). The topological polar surface area (TPSA) is 32.3 Å². The minimum atomic E-state index is 0.0637. The Morgan fingerprint density at radius 3 is 2.29 bits per heavy atom. The van der Waals surface area contributed by atoms with E-state index in [9.17, 15) is 4.79 Å². The molecule has 0 spiro atoms. The van der Waals surface area contributed by atoms with Crippen molar-refractivity contribution in [3.63, 3.8) is 0 Å². The van der Waals surface area contributed by atoms with Crippen LogP contribution in [-0.4, -0.2) is 19.0 Å². The summed E-state index contributed by atoms with van der Waals surface area (Å²) in [4.78, 5) is 14.9. The molecular weight excluding hydrogens is 296 g/mol. The average Bonchev–Trinajstić information content (AvgIpc) is 2.63. The van der Waals surface area contributed by atoms with E-state index in [1.54, 1.807) is 0 Å². The molecule has 1 saturated heterocycles. The predicted octanol–water partition coefficient (Wildman–Crippen LogP) is 4.09. The molecule has 3 heteroatoms. The molecule has 2 aromatic carbocycles. The van der Waals surface area contributed by atoms with Gasteiger partial charge < -0.3 is 10.2 Å². The van der Waals surface area contributed by atoms with Gasteiger partial charge in [0.15, 0.2) is 0 Å². The van der Waals surface area contributed by atoms with E-state index in [1.165, 1.54) is 11.3 Å². The summed E-state index contributed by atoms with van der Waals surface area (Å²) in [5, 5.41) is 3.17. The Balaban J connectivity index is 1.52. The molecule has 0 aliphatic carbocycles. The summed E-state index contributed by atoms with van der Waals surface area (Å²) in [6, 6.07) is 18.9. The van der Waals surface area contributed by atoms with Crippen LogP contribution < -0.4 is 10.2 Å². The average molecular weight is 322 g/mol. The van der Waals surface area contributed by atoms with Crippen LogP contribution in [0.4, 0.5) is 5.69 Å². The fraction of sp³-hybridized carbons (Fsp3) is 0.381. The van der Waals surface area contributed by atoms with Crippen molar-refractivity contribution in [2.45, 2.75) is 32.7 Å². The van der Waals surface area contributed by atoms with Gasteiger partial charge in [-0.1, -0.05) is 48.0 Å². The number of hydrogen-bond acceptors (Lipinski definition) is 2. The molecular formula is C21H26N2O. The van der Waals surface area contributed by atoms with Crippen molar-refractivity contribution in [1.29, 1.82) is 0 Å². The largest absolute Gasteiger partial charge is 0.371 e. The highest BCUT2D eigenvalue weighted by molar-refractivity contribution is 5.79. The number of anilines is 1. The van der Waals surface area contributed by atoms with E-state index in [0.717, 1.165) is 31.5 Å². The highest BCUT2D eigenvalue weighted by Gasteiger charge is 2.26. The second-order valence-corrected chi connectivity index (χ2v) is 6.74. The number of nitrogens with zero attached hydrogens (tertiary/aromatic N) is 1. The Kier molecular flexibility index (Phi) is 5.19. The van der Waals surface area contributed by atoms with Crippen molar-refractivity contribution in [2.75, 3.05) is 18.0 Å². The monoisotopic (exact) mass is 322 g/mol. The van der Waals surface area contributed by atoms with Crippen LogP contribution in [0.5, 0.6) is 0 Å². The van der Waals surface area contributed by atoms with Gasteiger partial charge >= 0.3 is 0 Å². The van der Waals surface area contributed by atoms with E-state index >= 15 is 0 Å². The third kappa shape index (κ3) is 3.97. The molecule has 0 bridgehead atoms. The highest BCUT2D eigenvalue weighted by Crippen LogP contribution is 2.24. The van der Waals surface area contributed by atoms with Crippen LogP contribution in [0.15, 0.2) is 54.6 Å². The van der Waals surface area contributed by atoms with Crippen LogP contribution in [0.25, 0.3) is 0 Å². The highest BCUT2D eigenvalue weighted by atomic mass is 16.1. The zero-order valence-electron chi connectivity index (χ0n) is 14.5. The molecule has 1 atom stereocenters. The zero-order chi connectivity index (χ0) is 16.9. The molecule has 0 saturated carbocycles. The van der Waals surface area contributed by atoms with Crippen molar-refractivity contribution in [3.8, 4) is 0 Å². The Bertz CT molecular complexity index is 658. The molecule has 24 heavy (non-hydrogen) atoms. The Hall–Kier alpha value is -2.29. The number of hydrogen-bond donors (Lipinski definition) is 1. The van der Waals surface area contributed by atoms with Crippen LogP contribution in [0.3, 0.4) is 0 Å². The number of benzene rings is 2. The lowest BCUT2D eigenvalue weighted by atomic mass is 9.94. The first-order valence-electron chi connectivity index (χ1n) is 8.80. The molecule has 1 N–H and O–H groups in total. The first-order chi connectivity index (χ1) is 11.6. The molecule has 2 aromatic rings. The molecule has 1 aliphatic heterocycles. The van der Waals surface area contributed by atoms with Gasteiger partial charge in [0.25, 0.3) is 0 Å². The molecule has 126 valence electrons. The Labute approximate surface area is 144 Å². The van der Waals surface area contributed by atoms with Crippen LogP contribution in [0.2, 0.25) is 0 Å². The molecule has 3 nitrogen and oxygen atoms in total. The molecule has 1 fully saturated rings. The number of carbonyl (C=O) groups is 1. The van der Waals surface area contributed by atoms with Crippen molar-refractivity contribution < 1.29 is 4.79 Å². The van der Waals surface area contributed by atoms with Gasteiger partial charge in [0.1, 0.15) is 0 Å².